The average Bonchev–Trinajstić information content (AvgIpc) is 2.29. The van der Waals surface area contributed by atoms with Gasteiger partial charge < -0.3 is 9.84 Å². The van der Waals surface area contributed by atoms with Crippen molar-refractivity contribution in [3.8, 4) is 0 Å². The van der Waals surface area contributed by atoms with Crippen molar-refractivity contribution < 1.29 is 9.84 Å². The van der Waals surface area contributed by atoms with E-state index < -0.39 is 0 Å². The molecule has 1 aliphatic rings. The fourth-order valence-corrected chi connectivity index (χ4v) is 2.33. The molecule has 0 radical (unpaired) electrons. The minimum atomic E-state index is -0.160. The second-order valence-corrected chi connectivity index (χ2v) is 4.27. The number of aliphatic hydroxyl groups is 1. The summed E-state index contributed by atoms with van der Waals surface area (Å²) in [5.41, 5.74) is 0. The van der Waals surface area contributed by atoms with Crippen molar-refractivity contribution in [3.63, 3.8) is 0 Å². The smallest absolute Gasteiger partial charge is 0.0692 e. The summed E-state index contributed by atoms with van der Waals surface area (Å²) in [5.74, 6) is 0. The highest BCUT2D eigenvalue weighted by atomic mass is 16.5. The molecule has 90 valence electrons. The fourth-order valence-electron chi connectivity index (χ4n) is 2.33. The molecule has 15 heavy (non-hydrogen) atoms. The number of rotatable bonds is 6. The van der Waals surface area contributed by atoms with E-state index in [1.807, 2.05) is 6.92 Å². The molecule has 2 atom stereocenters. The molecule has 0 aromatic rings. The second kappa shape index (κ2) is 7.20. The zero-order chi connectivity index (χ0) is 11.1. The van der Waals surface area contributed by atoms with Crippen molar-refractivity contribution in [1.29, 1.82) is 0 Å². The van der Waals surface area contributed by atoms with Crippen LogP contribution in [0.5, 0.6) is 0 Å². The van der Waals surface area contributed by atoms with Crippen LogP contribution in [0.4, 0.5) is 0 Å². The Morgan fingerprint density at radius 3 is 2.87 bits per heavy atom. The van der Waals surface area contributed by atoms with E-state index >= 15 is 0 Å². The molecule has 3 nitrogen and oxygen atoms in total. The van der Waals surface area contributed by atoms with Crippen LogP contribution in [0.2, 0.25) is 0 Å². The first kappa shape index (κ1) is 12.9. The van der Waals surface area contributed by atoms with Gasteiger partial charge in [0.25, 0.3) is 0 Å². The van der Waals surface area contributed by atoms with Gasteiger partial charge in [0.15, 0.2) is 0 Å². The third-order valence-corrected chi connectivity index (χ3v) is 3.25. The van der Waals surface area contributed by atoms with Crippen LogP contribution in [0.1, 0.15) is 39.5 Å². The van der Waals surface area contributed by atoms with Crippen LogP contribution < -0.4 is 0 Å². The highest BCUT2D eigenvalue weighted by Gasteiger charge is 2.27. The lowest BCUT2D eigenvalue weighted by atomic mass is 9.96. The van der Waals surface area contributed by atoms with E-state index in [1.165, 1.54) is 12.8 Å². The summed E-state index contributed by atoms with van der Waals surface area (Å²) in [7, 11) is 0. The van der Waals surface area contributed by atoms with Crippen LogP contribution in [0.25, 0.3) is 0 Å². The molecule has 0 aromatic carbocycles. The van der Waals surface area contributed by atoms with Crippen LogP contribution in [0.3, 0.4) is 0 Å². The zero-order valence-electron chi connectivity index (χ0n) is 10.1. The number of ether oxygens (including phenoxy) is 1. The molecule has 0 aromatic heterocycles. The average molecular weight is 215 g/mol. The normalized spacial score (nSPS) is 25.4. The number of nitrogens with zero attached hydrogens (tertiary/aromatic N) is 1. The Morgan fingerprint density at radius 2 is 2.20 bits per heavy atom. The van der Waals surface area contributed by atoms with Gasteiger partial charge in [0.05, 0.1) is 12.7 Å². The number of hydrogen-bond acceptors (Lipinski definition) is 3. The van der Waals surface area contributed by atoms with Gasteiger partial charge in [-0.1, -0.05) is 13.3 Å². The summed E-state index contributed by atoms with van der Waals surface area (Å²) in [6.07, 6.45) is 4.36. The van der Waals surface area contributed by atoms with Gasteiger partial charge in [-0.3, -0.25) is 4.90 Å². The van der Waals surface area contributed by atoms with Crippen LogP contribution in [-0.2, 0) is 4.74 Å². The summed E-state index contributed by atoms with van der Waals surface area (Å²) in [5, 5.41) is 9.93. The largest absolute Gasteiger partial charge is 0.392 e. The van der Waals surface area contributed by atoms with Crippen molar-refractivity contribution in [1.82, 2.24) is 4.90 Å². The Bertz CT molecular complexity index is 164. The predicted octanol–water partition coefficient (Wildman–Crippen LogP) is 1.65. The van der Waals surface area contributed by atoms with E-state index in [-0.39, 0.29) is 6.10 Å². The first-order valence-corrected chi connectivity index (χ1v) is 6.29. The Balaban J connectivity index is 2.35. The third-order valence-electron chi connectivity index (χ3n) is 3.25. The van der Waals surface area contributed by atoms with Gasteiger partial charge in [0.2, 0.25) is 0 Å². The zero-order valence-corrected chi connectivity index (χ0v) is 10.1. The quantitative estimate of drug-likeness (QED) is 0.684. The summed E-state index contributed by atoms with van der Waals surface area (Å²) in [6, 6.07) is 0.365. The highest BCUT2D eigenvalue weighted by molar-refractivity contribution is 4.82. The molecule has 0 spiro atoms. The summed E-state index contributed by atoms with van der Waals surface area (Å²) in [4.78, 5) is 2.40. The molecule has 2 unspecified atom stereocenters. The summed E-state index contributed by atoms with van der Waals surface area (Å²) < 4.78 is 5.37. The Labute approximate surface area is 93.4 Å². The first-order chi connectivity index (χ1) is 7.29. The molecule has 3 heteroatoms. The second-order valence-electron chi connectivity index (χ2n) is 4.27. The minimum absolute atomic E-state index is 0.160. The van der Waals surface area contributed by atoms with E-state index in [1.54, 1.807) is 0 Å². The molecule has 1 N–H and O–H groups in total. The Kier molecular flexibility index (Phi) is 6.22. The minimum Gasteiger partial charge on any atom is -0.392 e. The maximum atomic E-state index is 9.93. The van der Waals surface area contributed by atoms with Crippen molar-refractivity contribution >= 4 is 0 Å². The van der Waals surface area contributed by atoms with E-state index in [4.69, 9.17) is 4.74 Å². The van der Waals surface area contributed by atoms with Gasteiger partial charge in [-0.15, -0.1) is 0 Å². The van der Waals surface area contributed by atoms with Crippen LogP contribution >= 0.6 is 0 Å². The number of piperidine rings is 1. The van der Waals surface area contributed by atoms with E-state index in [9.17, 15) is 5.11 Å². The molecule has 0 bridgehead atoms. The molecule has 0 saturated carbocycles. The summed E-state index contributed by atoms with van der Waals surface area (Å²) >= 11 is 0. The Morgan fingerprint density at radius 1 is 1.40 bits per heavy atom. The van der Waals surface area contributed by atoms with Crippen molar-refractivity contribution in [3.05, 3.63) is 0 Å². The van der Waals surface area contributed by atoms with Gasteiger partial charge >= 0.3 is 0 Å². The van der Waals surface area contributed by atoms with E-state index in [0.717, 1.165) is 39.1 Å². The highest BCUT2D eigenvalue weighted by Crippen LogP contribution is 2.20. The van der Waals surface area contributed by atoms with E-state index in [2.05, 4.69) is 11.8 Å². The molecular formula is C12H25NO2. The number of aliphatic hydroxyl groups excluding tert-OH is 1. The maximum Gasteiger partial charge on any atom is 0.0692 e. The lowest BCUT2D eigenvalue weighted by molar-refractivity contribution is 0.00736. The first-order valence-electron chi connectivity index (χ1n) is 6.29. The molecule has 0 amide bonds. The molecule has 1 rings (SSSR count). The topological polar surface area (TPSA) is 32.7 Å². The van der Waals surface area contributed by atoms with Crippen molar-refractivity contribution in [2.75, 3.05) is 26.3 Å². The number of hydrogen-bond donors (Lipinski definition) is 1. The molecular weight excluding hydrogens is 190 g/mol. The standard InChI is InChI=1S/C12H25NO2/c1-3-12(14)11-7-5-6-8-13(11)9-10-15-4-2/h11-12,14H,3-10H2,1-2H3. The van der Waals surface area contributed by atoms with Crippen molar-refractivity contribution in [2.45, 2.75) is 51.7 Å². The lowest BCUT2D eigenvalue weighted by Crippen LogP contribution is -2.47. The summed E-state index contributed by atoms with van der Waals surface area (Å²) in [6.45, 7) is 7.75. The van der Waals surface area contributed by atoms with Gasteiger partial charge in [-0.05, 0) is 32.7 Å². The SMILES string of the molecule is CCOCCN1CCCCC1C(O)CC. The van der Waals surface area contributed by atoms with Gasteiger partial charge in [0.1, 0.15) is 0 Å². The molecule has 1 saturated heterocycles. The van der Waals surface area contributed by atoms with Gasteiger partial charge in [0, 0.05) is 19.2 Å². The lowest BCUT2D eigenvalue weighted by Gasteiger charge is -2.38. The Hall–Kier alpha value is -0.120. The predicted molar refractivity (Wildman–Crippen MR) is 62.0 cm³/mol. The molecule has 0 aliphatic carbocycles. The monoisotopic (exact) mass is 215 g/mol. The number of likely N-dealkylation sites (tertiary alicyclic amines) is 1. The third kappa shape index (κ3) is 4.09. The molecule has 1 fully saturated rings. The molecule has 1 heterocycles. The fraction of sp³-hybridized carbons (Fsp3) is 1.00. The van der Waals surface area contributed by atoms with Gasteiger partial charge in [-0.25, -0.2) is 0 Å². The maximum absolute atomic E-state index is 9.93. The molecule has 1 aliphatic heterocycles. The van der Waals surface area contributed by atoms with Crippen LogP contribution in [0, 0.1) is 0 Å². The van der Waals surface area contributed by atoms with Crippen LogP contribution in [-0.4, -0.2) is 48.5 Å². The van der Waals surface area contributed by atoms with Gasteiger partial charge in [-0.2, -0.15) is 0 Å². The van der Waals surface area contributed by atoms with E-state index in [0.29, 0.717) is 6.04 Å². The van der Waals surface area contributed by atoms with Crippen LogP contribution in [0.15, 0.2) is 0 Å². The van der Waals surface area contributed by atoms with Crippen molar-refractivity contribution in [2.24, 2.45) is 0 Å².